The van der Waals surface area contributed by atoms with Crippen LogP contribution in [0.15, 0.2) is 22.7 Å². The molecule has 0 bridgehead atoms. The van der Waals surface area contributed by atoms with Gasteiger partial charge in [-0.15, -0.1) is 0 Å². The van der Waals surface area contributed by atoms with Crippen LogP contribution >= 0.6 is 11.6 Å². The zero-order valence-corrected chi connectivity index (χ0v) is 10.2. The summed E-state index contributed by atoms with van der Waals surface area (Å²) in [5.41, 5.74) is 1.68. The van der Waals surface area contributed by atoms with Crippen molar-refractivity contribution in [2.75, 3.05) is 0 Å². The smallest absolute Gasteiger partial charge is 0.142 e. The van der Waals surface area contributed by atoms with Crippen molar-refractivity contribution < 1.29 is 13.7 Å². The molecule has 90 valence electrons. The quantitative estimate of drug-likeness (QED) is 0.840. The van der Waals surface area contributed by atoms with Gasteiger partial charge in [0.15, 0.2) is 0 Å². The van der Waals surface area contributed by atoms with E-state index in [4.69, 9.17) is 20.9 Å². The fourth-order valence-electron chi connectivity index (χ4n) is 1.43. The summed E-state index contributed by atoms with van der Waals surface area (Å²) in [5, 5.41) is 3.86. The van der Waals surface area contributed by atoms with E-state index in [-0.39, 0.29) is 5.02 Å². The number of aromatic nitrogens is 1. The average molecular weight is 256 g/mol. The van der Waals surface area contributed by atoms with Crippen molar-refractivity contribution in [1.29, 1.82) is 0 Å². The molecule has 2 aromatic rings. The van der Waals surface area contributed by atoms with Crippen LogP contribution in [0.4, 0.5) is 4.39 Å². The summed E-state index contributed by atoms with van der Waals surface area (Å²) < 4.78 is 23.4. The Labute approximate surface area is 103 Å². The van der Waals surface area contributed by atoms with E-state index in [2.05, 4.69) is 5.16 Å². The highest BCUT2D eigenvalue weighted by Gasteiger charge is 2.10. The Morgan fingerprint density at radius 3 is 2.76 bits per heavy atom. The Balaban J connectivity index is 2.10. The third kappa shape index (κ3) is 2.58. The number of hydrogen-bond acceptors (Lipinski definition) is 3. The molecule has 2 rings (SSSR count). The van der Waals surface area contributed by atoms with Crippen molar-refractivity contribution >= 4 is 11.6 Å². The first-order valence-corrected chi connectivity index (χ1v) is 5.45. The van der Waals surface area contributed by atoms with Gasteiger partial charge in [0, 0.05) is 6.07 Å². The van der Waals surface area contributed by atoms with E-state index in [0.29, 0.717) is 12.4 Å². The lowest BCUT2D eigenvalue weighted by Gasteiger charge is -2.06. The maximum atomic E-state index is 12.9. The molecule has 1 aromatic heterocycles. The molecule has 0 aliphatic carbocycles. The third-order valence-electron chi connectivity index (χ3n) is 2.46. The lowest BCUT2D eigenvalue weighted by atomic mass is 10.2. The van der Waals surface area contributed by atoms with Crippen molar-refractivity contribution in [1.82, 2.24) is 5.16 Å². The first-order chi connectivity index (χ1) is 8.08. The monoisotopic (exact) mass is 255 g/mol. The zero-order valence-electron chi connectivity index (χ0n) is 9.46. The molecule has 0 saturated heterocycles. The van der Waals surface area contributed by atoms with Gasteiger partial charge in [0.2, 0.25) is 0 Å². The summed E-state index contributed by atoms with van der Waals surface area (Å²) in [7, 11) is 0. The van der Waals surface area contributed by atoms with E-state index in [1.807, 2.05) is 13.8 Å². The van der Waals surface area contributed by atoms with Gasteiger partial charge < -0.3 is 9.26 Å². The SMILES string of the molecule is Cc1noc(C)c1COc1ccc(F)c(Cl)c1. The fraction of sp³-hybridized carbons (Fsp3) is 0.250. The normalized spacial score (nSPS) is 10.6. The fourth-order valence-corrected chi connectivity index (χ4v) is 1.60. The van der Waals surface area contributed by atoms with E-state index in [9.17, 15) is 4.39 Å². The Kier molecular flexibility index (Phi) is 3.33. The minimum atomic E-state index is -0.462. The minimum Gasteiger partial charge on any atom is -0.489 e. The van der Waals surface area contributed by atoms with Gasteiger partial charge in [-0.05, 0) is 26.0 Å². The molecule has 0 saturated carbocycles. The molecule has 0 aliphatic rings. The standard InChI is InChI=1S/C12H11ClFNO2/c1-7-10(8(2)17-15-7)6-16-9-3-4-12(14)11(13)5-9/h3-5H,6H2,1-2H3. The van der Waals surface area contributed by atoms with Crippen LogP contribution in [0, 0.1) is 19.7 Å². The highest BCUT2D eigenvalue weighted by atomic mass is 35.5. The van der Waals surface area contributed by atoms with E-state index in [0.717, 1.165) is 17.0 Å². The lowest BCUT2D eigenvalue weighted by Crippen LogP contribution is -1.98. The van der Waals surface area contributed by atoms with Gasteiger partial charge in [-0.1, -0.05) is 16.8 Å². The van der Waals surface area contributed by atoms with Gasteiger partial charge in [-0.3, -0.25) is 0 Å². The predicted octanol–water partition coefficient (Wildman–Crippen LogP) is 3.66. The Hall–Kier alpha value is -1.55. The maximum Gasteiger partial charge on any atom is 0.142 e. The Bertz CT molecular complexity index is 520. The number of benzene rings is 1. The molecule has 1 aromatic carbocycles. The molecule has 17 heavy (non-hydrogen) atoms. The number of aryl methyl sites for hydroxylation is 2. The van der Waals surface area contributed by atoms with Crippen LogP contribution in [-0.4, -0.2) is 5.16 Å². The number of nitrogens with zero attached hydrogens (tertiary/aromatic N) is 1. The number of ether oxygens (including phenoxy) is 1. The second-order valence-corrected chi connectivity index (χ2v) is 4.07. The topological polar surface area (TPSA) is 35.3 Å². The molecule has 5 heteroatoms. The highest BCUT2D eigenvalue weighted by Crippen LogP contribution is 2.23. The molecule has 0 atom stereocenters. The highest BCUT2D eigenvalue weighted by molar-refractivity contribution is 6.30. The maximum absolute atomic E-state index is 12.9. The summed E-state index contributed by atoms with van der Waals surface area (Å²) in [6.45, 7) is 3.98. The second-order valence-electron chi connectivity index (χ2n) is 3.67. The summed E-state index contributed by atoms with van der Waals surface area (Å²) in [6, 6.07) is 4.24. The molecule has 0 spiro atoms. The van der Waals surface area contributed by atoms with Crippen molar-refractivity contribution in [3.05, 3.63) is 46.1 Å². The van der Waals surface area contributed by atoms with Gasteiger partial charge in [0.1, 0.15) is 23.9 Å². The van der Waals surface area contributed by atoms with Gasteiger partial charge in [-0.25, -0.2) is 4.39 Å². The average Bonchev–Trinajstić information content (AvgIpc) is 2.61. The van der Waals surface area contributed by atoms with Gasteiger partial charge in [0.25, 0.3) is 0 Å². The van der Waals surface area contributed by atoms with Crippen LogP contribution in [-0.2, 0) is 6.61 Å². The molecular formula is C12H11ClFNO2. The Morgan fingerprint density at radius 1 is 1.41 bits per heavy atom. The van der Waals surface area contributed by atoms with E-state index < -0.39 is 5.82 Å². The minimum absolute atomic E-state index is 0.0428. The van der Waals surface area contributed by atoms with Crippen molar-refractivity contribution in [3.8, 4) is 5.75 Å². The molecule has 0 aliphatic heterocycles. The number of hydrogen-bond donors (Lipinski definition) is 0. The summed E-state index contributed by atoms with van der Waals surface area (Å²) in [5.74, 6) is 0.767. The van der Waals surface area contributed by atoms with Crippen molar-refractivity contribution in [3.63, 3.8) is 0 Å². The molecule has 0 N–H and O–H groups in total. The van der Waals surface area contributed by atoms with Gasteiger partial charge in [-0.2, -0.15) is 0 Å². The van der Waals surface area contributed by atoms with Gasteiger partial charge >= 0.3 is 0 Å². The predicted molar refractivity (Wildman–Crippen MR) is 61.7 cm³/mol. The van der Waals surface area contributed by atoms with E-state index in [1.165, 1.54) is 18.2 Å². The lowest BCUT2D eigenvalue weighted by molar-refractivity contribution is 0.301. The van der Waals surface area contributed by atoms with Crippen LogP contribution < -0.4 is 4.74 Å². The van der Waals surface area contributed by atoms with Crippen molar-refractivity contribution in [2.45, 2.75) is 20.5 Å². The first kappa shape index (κ1) is 11.9. The molecule has 0 unspecified atom stereocenters. The number of halogens is 2. The van der Waals surface area contributed by atoms with Crippen LogP contribution in [0.3, 0.4) is 0 Å². The number of rotatable bonds is 3. The summed E-state index contributed by atoms with van der Waals surface area (Å²) in [4.78, 5) is 0. The second kappa shape index (κ2) is 4.75. The molecular weight excluding hydrogens is 245 g/mol. The molecule has 0 amide bonds. The first-order valence-electron chi connectivity index (χ1n) is 5.07. The Morgan fingerprint density at radius 2 is 2.18 bits per heavy atom. The third-order valence-corrected chi connectivity index (χ3v) is 2.75. The van der Waals surface area contributed by atoms with Crippen LogP contribution in [0.1, 0.15) is 17.0 Å². The van der Waals surface area contributed by atoms with E-state index in [1.54, 1.807) is 0 Å². The summed E-state index contributed by atoms with van der Waals surface area (Å²) in [6.07, 6.45) is 0. The van der Waals surface area contributed by atoms with E-state index >= 15 is 0 Å². The van der Waals surface area contributed by atoms with Gasteiger partial charge in [0.05, 0.1) is 16.3 Å². The zero-order chi connectivity index (χ0) is 12.4. The van der Waals surface area contributed by atoms with Crippen LogP contribution in [0.25, 0.3) is 0 Å². The van der Waals surface area contributed by atoms with Crippen LogP contribution in [0.5, 0.6) is 5.75 Å². The molecule has 0 radical (unpaired) electrons. The van der Waals surface area contributed by atoms with Crippen molar-refractivity contribution in [2.24, 2.45) is 0 Å². The molecule has 1 heterocycles. The molecule has 0 fully saturated rings. The van der Waals surface area contributed by atoms with Crippen LogP contribution in [0.2, 0.25) is 5.02 Å². The molecule has 3 nitrogen and oxygen atoms in total. The largest absolute Gasteiger partial charge is 0.489 e. The summed E-state index contributed by atoms with van der Waals surface area (Å²) >= 11 is 5.65.